The van der Waals surface area contributed by atoms with Gasteiger partial charge in [-0.2, -0.15) is 0 Å². The van der Waals surface area contributed by atoms with Gasteiger partial charge in [0.05, 0.1) is 11.1 Å². The Balaban J connectivity index is 1.27. The van der Waals surface area contributed by atoms with Crippen molar-refractivity contribution in [2.45, 2.75) is 32.2 Å². The van der Waals surface area contributed by atoms with Crippen LogP contribution in [0.25, 0.3) is 0 Å². The molecule has 0 unspecified atom stereocenters. The number of anilines is 1. The fraction of sp³-hybridized carbons (Fsp3) is 0.304. The molecule has 7 heteroatoms. The van der Waals surface area contributed by atoms with Gasteiger partial charge in [0.1, 0.15) is 0 Å². The second-order valence-corrected chi connectivity index (χ2v) is 7.58. The predicted octanol–water partition coefficient (Wildman–Crippen LogP) is 2.82. The van der Waals surface area contributed by atoms with Gasteiger partial charge in [0.25, 0.3) is 11.8 Å². The summed E-state index contributed by atoms with van der Waals surface area (Å²) in [4.78, 5) is 51.8. The highest BCUT2D eigenvalue weighted by Crippen LogP contribution is 2.23. The highest BCUT2D eigenvalue weighted by molar-refractivity contribution is 6.21. The molecule has 2 aromatic rings. The van der Waals surface area contributed by atoms with Crippen molar-refractivity contribution >= 4 is 29.3 Å². The Hall–Kier alpha value is -3.48. The number of nitrogens with zero attached hydrogens (tertiary/aromatic N) is 2. The molecule has 2 aromatic carbocycles. The van der Waals surface area contributed by atoms with Crippen LogP contribution in [0.15, 0.2) is 48.5 Å². The van der Waals surface area contributed by atoms with Crippen LogP contribution < -0.4 is 5.32 Å². The minimum Gasteiger partial charge on any atom is -0.338 e. The van der Waals surface area contributed by atoms with E-state index in [-0.39, 0.29) is 36.6 Å². The summed E-state index contributed by atoms with van der Waals surface area (Å²) in [7, 11) is 0. The third-order valence-corrected chi connectivity index (χ3v) is 5.42. The Morgan fingerprint density at radius 2 is 1.70 bits per heavy atom. The number of hydrogen-bond acceptors (Lipinski definition) is 4. The number of rotatable bonds is 7. The zero-order chi connectivity index (χ0) is 21.1. The SMILES string of the molecule is O=C(CCCN1C(=O)c2ccccc2C1=O)Nc1cccc(CN2CCCC2=O)c1. The van der Waals surface area contributed by atoms with Gasteiger partial charge in [-0.15, -0.1) is 0 Å². The minimum atomic E-state index is -0.305. The van der Waals surface area contributed by atoms with Crippen LogP contribution in [0.5, 0.6) is 0 Å². The van der Waals surface area contributed by atoms with Gasteiger partial charge in [0, 0.05) is 38.2 Å². The molecule has 4 rings (SSSR count). The maximum absolute atomic E-state index is 12.4. The Bertz CT molecular complexity index is 982. The number of carbonyl (C=O) groups excluding carboxylic acids is 4. The Labute approximate surface area is 174 Å². The lowest BCUT2D eigenvalue weighted by atomic mass is 10.1. The second-order valence-electron chi connectivity index (χ2n) is 7.58. The van der Waals surface area contributed by atoms with Crippen molar-refractivity contribution in [1.29, 1.82) is 0 Å². The zero-order valence-electron chi connectivity index (χ0n) is 16.6. The number of benzene rings is 2. The monoisotopic (exact) mass is 405 g/mol. The van der Waals surface area contributed by atoms with Gasteiger partial charge in [-0.3, -0.25) is 24.1 Å². The topological polar surface area (TPSA) is 86.8 Å². The molecule has 0 saturated carbocycles. The quantitative estimate of drug-likeness (QED) is 0.718. The summed E-state index contributed by atoms with van der Waals surface area (Å²) in [6.07, 6.45) is 2.08. The minimum absolute atomic E-state index is 0.164. The van der Waals surface area contributed by atoms with Gasteiger partial charge in [-0.25, -0.2) is 0 Å². The van der Waals surface area contributed by atoms with Gasteiger partial charge < -0.3 is 10.2 Å². The molecule has 154 valence electrons. The third-order valence-electron chi connectivity index (χ3n) is 5.42. The first-order chi connectivity index (χ1) is 14.5. The molecular weight excluding hydrogens is 382 g/mol. The van der Waals surface area contributed by atoms with E-state index in [1.165, 1.54) is 4.90 Å². The van der Waals surface area contributed by atoms with Crippen molar-refractivity contribution in [2.24, 2.45) is 0 Å². The van der Waals surface area contributed by atoms with Crippen molar-refractivity contribution in [2.75, 3.05) is 18.4 Å². The van der Waals surface area contributed by atoms with E-state index in [2.05, 4.69) is 5.32 Å². The Morgan fingerprint density at radius 3 is 2.37 bits per heavy atom. The molecule has 7 nitrogen and oxygen atoms in total. The number of likely N-dealkylation sites (tertiary alicyclic amines) is 1. The molecule has 2 aliphatic rings. The van der Waals surface area contributed by atoms with Gasteiger partial charge in [-0.1, -0.05) is 24.3 Å². The summed E-state index contributed by atoms with van der Waals surface area (Å²) in [5, 5.41) is 2.85. The van der Waals surface area contributed by atoms with Crippen LogP contribution in [0.3, 0.4) is 0 Å². The first kappa shape index (κ1) is 19.8. The first-order valence-electron chi connectivity index (χ1n) is 10.1. The van der Waals surface area contributed by atoms with Crippen LogP contribution in [-0.4, -0.2) is 46.5 Å². The Kier molecular flexibility index (Phi) is 5.61. The molecule has 2 aliphatic heterocycles. The fourth-order valence-corrected chi connectivity index (χ4v) is 3.90. The second kappa shape index (κ2) is 8.49. The maximum atomic E-state index is 12.4. The van der Waals surface area contributed by atoms with Crippen LogP contribution in [0.4, 0.5) is 5.69 Å². The van der Waals surface area contributed by atoms with Crippen LogP contribution >= 0.6 is 0 Å². The lowest BCUT2D eigenvalue weighted by Crippen LogP contribution is -2.31. The van der Waals surface area contributed by atoms with E-state index in [0.717, 1.165) is 18.5 Å². The number of nitrogens with one attached hydrogen (secondary N) is 1. The van der Waals surface area contributed by atoms with E-state index in [0.29, 0.717) is 36.2 Å². The number of carbonyl (C=O) groups is 4. The number of amides is 4. The number of fused-ring (bicyclic) bond motifs is 1. The van der Waals surface area contributed by atoms with E-state index in [1.54, 1.807) is 30.3 Å². The Morgan fingerprint density at radius 1 is 0.967 bits per heavy atom. The molecule has 1 fully saturated rings. The van der Waals surface area contributed by atoms with Crippen molar-refractivity contribution in [3.8, 4) is 0 Å². The largest absolute Gasteiger partial charge is 0.338 e. The van der Waals surface area contributed by atoms with Gasteiger partial charge >= 0.3 is 0 Å². The third kappa shape index (κ3) is 4.10. The van der Waals surface area contributed by atoms with Crippen LogP contribution in [0, 0.1) is 0 Å². The number of imide groups is 1. The van der Waals surface area contributed by atoms with Gasteiger partial charge in [-0.05, 0) is 42.7 Å². The molecule has 30 heavy (non-hydrogen) atoms. The highest BCUT2D eigenvalue weighted by atomic mass is 16.2. The molecule has 1 saturated heterocycles. The molecule has 1 N–H and O–H groups in total. The van der Waals surface area contributed by atoms with E-state index >= 15 is 0 Å². The fourth-order valence-electron chi connectivity index (χ4n) is 3.90. The molecule has 2 heterocycles. The highest BCUT2D eigenvalue weighted by Gasteiger charge is 2.34. The summed E-state index contributed by atoms with van der Waals surface area (Å²) in [6, 6.07) is 14.2. The summed E-state index contributed by atoms with van der Waals surface area (Å²) < 4.78 is 0. The molecular formula is C23H23N3O4. The standard InChI is InChI=1S/C23H23N3O4/c27-20(10-4-13-26-22(29)18-8-1-2-9-19(18)23(26)30)24-17-7-3-6-16(14-17)15-25-12-5-11-21(25)28/h1-3,6-9,14H,4-5,10-13,15H2,(H,24,27). The van der Waals surface area contributed by atoms with Crippen molar-refractivity contribution in [3.63, 3.8) is 0 Å². The summed E-state index contributed by atoms with van der Waals surface area (Å²) in [5.74, 6) is -0.626. The summed E-state index contributed by atoms with van der Waals surface area (Å²) in [6.45, 7) is 1.52. The normalized spacial score (nSPS) is 15.7. The molecule has 0 spiro atoms. The molecule has 0 atom stereocenters. The molecule has 0 bridgehead atoms. The van der Waals surface area contributed by atoms with E-state index < -0.39 is 0 Å². The van der Waals surface area contributed by atoms with Crippen molar-refractivity contribution in [1.82, 2.24) is 9.80 Å². The van der Waals surface area contributed by atoms with E-state index in [9.17, 15) is 19.2 Å². The predicted molar refractivity (Wildman–Crippen MR) is 111 cm³/mol. The smallest absolute Gasteiger partial charge is 0.261 e. The van der Waals surface area contributed by atoms with Crippen LogP contribution in [0.2, 0.25) is 0 Å². The van der Waals surface area contributed by atoms with Crippen molar-refractivity contribution < 1.29 is 19.2 Å². The van der Waals surface area contributed by atoms with Crippen LogP contribution in [-0.2, 0) is 16.1 Å². The van der Waals surface area contributed by atoms with Crippen molar-refractivity contribution in [3.05, 3.63) is 65.2 Å². The zero-order valence-corrected chi connectivity index (χ0v) is 16.6. The summed E-state index contributed by atoms with van der Waals surface area (Å²) in [5.41, 5.74) is 2.47. The first-order valence-corrected chi connectivity index (χ1v) is 10.1. The average Bonchev–Trinajstić information content (AvgIpc) is 3.24. The molecule has 0 radical (unpaired) electrons. The lowest BCUT2D eigenvalue weighted by molar-refractivity contribution is -0.128. The van der Waals surface area contributed by atoms with E-state index in [4.69, 9.17) is 0 Å². The molecule has 0 aliphatic carbocycles. The number of hydrogen-bond donors (Lipinski definition) is 1. The average molecular weight is 405 g/mol. The molecule has 0 aromatic heterocycles. The van der Waals surface area contributed by atoms with Gasteiger partial charge in [0.15, 0.2) is 0 Å². The van der Waals surface area contributed by atoms with E-state index in [1.807, 2.05) is 23.1 Å². The lowest BCUT2D eigenvalue weighted by Gasteiger charge is -2.16. The summed E-state index contributed by atoms with van der Waals surface area (Å²) >= 11 is 0. The maximum Gasteiger partial charge on any atom is 0.261 e. The molecule has 4 amide bonds. The van der Waals surface area contributed by atoms with Crippen LogP contribution in [0.1, 0.15) is 52.0 Å². The van der Waals surface area contributed by atoms with Gasteiger partial charge in [0.2, 0.25) is 11.8 Å².